The summed E-state index contributed by atoms with van der Waals surface area (Å²) in [6.07, 6.45) is 8.13. The molecule has 0 spiro atoms. The van der Waals surface area contributed by atoms with Gasteiger partial charge >= 0.3 is 0 Å². The number of benzene rings is 1. The molecule has 0 saturated heterocycles. The van der Waals surface area contributed by atoms with Crippen molar-refractivity contribution in [3.05, 3.63) is 35.9 Å². The van der Waals surface area contributed by atoms with E-state index >= 15 is 0 Å². The van der Waals surface area contributed by atoms with E-state index in [0.29, 0.717) is 18.4 Å². The van der Waals surface area contributed by atoms with Crippen molar-refractivity contribution in [1.82, 2.24) is 4.90 Å². The molecule has 3 atom stereocenters. The van der Waals surface area contributed by atoms with Crippen LogP contribution in [0, 0.1) is 11.8 Å². The Morgan fingerprint density at radius 1 is 1.12 bits per heavy atom. The Balaban J connectivity index is 1.62. The fourth-order valence-electron chi connectivity index (χ4n) is 4.81. The van der Waals surface area contributed by atoms with Crippen LogP contribution in [0.25, 0.3) is 0 Å². The lowest BCUT2D eigenvalue weighted by atomic mass is 9.66. The van der Waals surface area contributed by atoms with Crippen molar-refractivity contribution < 1.29 is 9.84 Å². The average molecular weight is 332 g/mol. The minimum absolute atomic E-state index is 0.275. The van der Waals surface area contributed by atoms with Crippen molar-refractivity contribution in [2.45, 2.75) is 63.3 Å². The molecule has 2 aliphatic rings. The number of hydrogen-bond acceptors (Lipinski definition) is 3. The lowest BCUT2D eigenvalue weighted by Crippen LogP contribution is -2.52. The molecule has 3 heteroatoms. The topological polar surface area (TPSA) is 32.7 Å². The Morgan fingerprint density at radius 2 is 1.83 bits per heavy atom. The molecule has 3 unspecified atom stereocenters. The molecule has 1 aromatic rings. The van der Waals surface area contributed by atoms with E-state index in [1.807, 2.05) is 6.07 Å². The van der Waals surface area contributed by atoms with Gasteiger partial charge in [-0.25, -0.2) is 0 Å². The fraction of sp³-hybridized carbons (Fsp3) is 0.714. The first-order valence-corrected chi connectivity index (χ1v) is 9.60. The third-order valence-electron chi connectivity index (χ3n) is 6.10. The van der Waals surface area contributed by atoms with E-state index in [9.17, 15) is 5.11 Å². The van der Waals surface area contributed by atoms with Crippen molar-refractivity contribution in [2.75, 3.05) is 20.6 Å². The molecule has 0 aliphatic heterocycles. The van der Waals surface area contributed by atoms with E-state index in [2.05, 4.69) is 43.3 Å². The van der Waals surface area contributed by atoms with E-state index in [0.717, 1.165) is 25.8 Å². The molecule has 0 bridgehead atoms. The third-order valence-corrected chi connectivity index (χ3v) is 6.10. The predicted octanol–water partition coefficient (Wildman–Crippen LogP) is 3.85. The molecule has 134 valence electrons. The number of hydrogen-bond donors (Lipinski definition) is 1. The minimum Gasteiger partial charge on any atom is -0.389 e. The van der Waals surface area contributed by atoms with Gasteiger partial charge in [-0.15, -0.1) is 0 Å². The van der Waals surface area contributed by atoms with Gasteiger partial charge in [-0.2, -0.15) is 0 Å². The Kier molecular flexibility index (Phi) is 5.96. The van der Waals surface area contributed by atoms with Gasteiger partial charge in [0.15, 0.2) is 0 Å². The van der Waals surface area contributed by atoms with Crippen molar-refractivity contribution in [3.8, 4) is 0 Å². The van der Waals surface area contributed by atoms with Gasteiger partial charge in [0.2, 0.25) is 0 Å². The summed E-state index contributed by atoms with van der Waals surface area (Å²) in [5.74, 6) is 0.822. The summed E-state index contributed by atoms with van der Waals surface area (Å²) in [6, 6.07) is 10.4. The lowest BCUT2D eigenvalue weighted by molar-refractivity contribution is -0.134. The van der Waals surface area contributed by atoms with Crippen LogP contribution in [0.4, 0.5) is 0 Å². The Morgan fingerprint density at radius 3 is 2.50 bits per heavy atom. The van der Waals surface area contributed by atoms with Gasteiger partial charge in [0.1, 0.15) is 0 Å². The van der Waals surface area contributed by atoms with Gasteiger partial charge in [0.05, 0.1) is 18.3 Å². The first-order chi connectivity index (χ1) is 11.6. The van der Waals surface area contributed by atoms with Gasteiger partial charge in [0, 0.05) is 12.5 Å². The highest BCUT2D eigenvalue weighted by atomic mass is 16.5. The predicted molar refractivity (Wildman–Crippen MR) is 97.8 cm³/mol. The highest BCUT2D eigenvalue weighted by Gasteiger charge is 2.48. The second kappa shape index (κ2) is 7.99. The SMILES string of the molecule is CN(C)CC1CC(OCc2ccccc2)CCC1(O)C1CCCC1. The maximum atomic E-state index is 11.5. The minimum atomic E-state index is -0.479. The number of aliphatic hydroxyl groups is 1. The Hall–Kier alpha value is -0.900. The summed E-state index contributed by atoms with van der Waals surface area (Å²) in [6.45, 7) is 1.64. The quantitative estimate of drug-likeness (QED) is 0.859. The van der Waals surface area contributed by atoms with Crippen LogP contribution >= 0.6 is 0 Å². The van der Waals surface area contributed by atoms with E-state index in [-0.39, 0.29) is 6.10 Å². The fourth-order valence-corrected chi connectivity index (χ4v) is 4.81. The monoisotopic (exact) mass is 331 g/mol. The standard InChI is InChI=1S/C21H33NO2/c1-22(2)15-19-14-20(24-16-17-8-4-3-5-9-17)12-13-21(19,23)18-10-6-7-11-18/h3-5,8-9,18-20,23H,6-7,10-16H2,1-2H3. The molecule has 3 rings (SSSR count). The molecule has 0 amide bonds. The molecule has 2 fully saturated rings. The van der Waals surface area contributed by atoms with Crippen LogP contribution in [0.3, 0.4) is 0 Å². The largest absolute Gasteiger partial charge is 0.389 e. The summed E-state index contributed by atoms with van der Waals surface area (Å²) in [7, 11) is 4.23. The van der Waals surface area contributed by atoms with Crippen LogP contribution in [0.2, 0.25) is 0 Å². The Labute approximate surface area is 147 Å². The average Bonchev–Trinajstić information content (AvgIpc) is 3.11. The summed E-state index contributed by atoms with van der Waals surface area (Å²) in [5.41, 5.74) is 0.756. The molecule has 1 N–H and O–H groups in total. The summed E-state index contributed by atoms with van der Waals surface area (Å²) in [5, 5.41) is 11.5. The van der Waals surface area contributed by atoms with Crippen molar-refractivity contribution in [2.24, 2.45) is 11.8 Å². The molecule has 3 nitrogen and oxygen atoms in total. The van der Waals surface area contributed by atoms with Gasteiger partial charge < -0.3 is 14.7 Å². The first kappa shape index (κ1) is 17.9. The molecule has 0 aromatic heterocycles. The highest BCUT2D eigenvalue weighted by molar-refractivity contribution is 5.13. The molecule has 2 saturated carbocycles. The van der Waals surface area contributed by atoms with Gasteiger partial charge in [-0.05, 0) is 57.7 Å². The van der Waals surface area contributed by atoms with Crippen LogP contribution in [0.15, 0.2) is 30.3 Å². The zero-order valence-electron chi connectivity index (χ0n) is 15.3. The molecule has 24 heavy (non-hydrogen) atoms. The highest BCUT2D eigenvalue weighted by Crippen LogP contribution is 2.46. The molecular formula is C21H33NO2. The molecule has 2 aliphatic carbocycles. The first-order valence-electron chi connectivity index (χ1n) is 9.60. The van der Waals surface area contributed by atoms with Gasteiger partial charge in [-0.1, -0.05) is 43.2 Å². The van der Waals surface area contributed by atoms with Gasteiger partial charge in [0.25, 0.3) is 0 Å². The van der Waals surface area contributed by atoms with Crippen molar-refractivity contribution in [1.29, 1.82) is 0 Å². The van der Waals surface area contributed by atoms with E-state index < -0.39 is 5.60 Å². The zero-order chi connectivity index (χ0) is 17.0. The molecule has 0 radical (unpaired) electrons. The van der Waals surface area contributed by atoms with E-state index in [4.69, 9.17) is 4.74 Å². The number of rotatable bonds is 6. The summed E-state index contributed by atoms with van der Waals surface area (Å²) >= 11 is 0. The summed E-state index contributed by atoms with van der Waals surface area (Å²) in [4.78, 5) is 2.23. The van der Waals surface area contributed by atoms with Crippen molar-refractivity contribution >= 4 is 0 Å². The molecule has 0 heterocycles. The van der Waals surface area contributed by atoms with Gasteiger partial charge in [-0.3, -0.25) is 0 Å². The smallest absolute Gasteiger partial charge is 0.0720 e. The number of ether oxygens (including phenoxy) is 1. The number of nitrogens with zero attached hydrogens (tertiary/aromatic N) is 1. The van der Waals surface area contributed by atoms with Crippen molar-refractivity contribution in [3.63, 3.8) is 0 Å². The van der Waals surface area contributed by atoms with Crippen LogP contribution < -0.4 is 0 Å². The van der Waals surface area contributed by atoms with E-state index in [1.165, 1.54) is 31.2 Å². The summed E-state index contributed by atoms with van der Waals surface area (Å²) < 4.78 is 6.21. The second-order valence-corrected chi connectivity index (χ2v) is 8.12. The third kappa shape index (κ3) is 4.19. The van der Waals surface area contributed by atoms with Crippen LogP contribution in [0.5, 0.6) is 0 Å². The van der Waals surface area contributed by atoms with Crippen LogP contribution in [-0.4, -0.2) is 42.4 Å². The lowest BCUT2D eigenvalue weighted by Gasteiger charge is -2.47. The van der Waals surface area contributed by atoms with E-state index in [1.54, 1.807) is 0 Å². The molecule has 1 aromatic carbocycles. The maximum absolute atomic E-state index is 11.5. The normalized spacial score (nSPS) is 31.7. The van der Waals surface area contributed by atoms with Crippen LogP contribution in [-0.2, 0) is 11.3 Å². The zero-order valence-corrected chi connectivity index (χ0v) is 15.3. The molecular weight excluding hydrogens is 298 g/mol. The van der Waals surface area contributed by atoms with Crippen LogP contribution in [0.1, 0.15) is 50.5 Å². The second-order valence-electron chi connectivity index (χ2n) is 8.12. The maximum Gasteiger partial charge on any atom is 0.0720 e. The Bertz CT molecular complexity index is 498.